The molecule has 1 fully saturated rings. The summed E-state index contributed by atoms with van der Waals surface area (Å²) >= 11 is 12.0. The summed E-state index contributed by atoms with van der Waals surface area (Å²) in [5.41, 5.74) is 0.945. The Balaban J connectivity index is 0.00000242. The minimum Gasteiger partial charge on any atom is -0.340 e. The zero-order chi connectivity index (χ0) is 15.2. The second kappa shape index (κ2) is 9.58. The van der Waals surface area contributed by atoms with Crippen LogP contribution in [0.4, 0.5) is 0 Å². The zero-order valence-electron chi connectivity index (χ0n) is 12.6. The van der Waals surface area contributed by atoms with Gasteiger partial charge in [0, 0.05) is 36.7 Å². The molecule has 0 spiro atoms. The highest BCUT2D eigenvalue weighted by Gasteiger charge is 2.16. The normalized spacial score (nSPS) is 15.8. The van der Waals surface area contributed by atoms with Gasteiger partial charge >= 0.3 is 0 Å². The molecule has 124 valence electrons. The first-order valence-electron chi connectivity index (χ1n) is 7.16. The highest BCUT2D eigenvalue weighted by molar-refractivity contribution is 6.34. The molecule has 4 nitrogen and oxygen atoms in total. The first kappa shape index (κ1) is 19.5. The van der Waals surface area contributed by atoms with Crippen LogP contribution >= 0.6 is 35.6 Å². The van der Waals surface area contributed by atoms with Crippen molar-refractivity contribution in [1.82, 2.24) is 15.1 Å². The van der Waals surface area contributed by atoms with Crippen LogP contribution in [0.15, 0.2) is 18.2 Å². The summed E-state index contributed by atoms with van der Waals surface area (Å²) in [5.74, 6) is 0.119. The van der Waals surface area contributed by atoms with Crippen molar-refractivity contribution in [2.24, 2.45) is 0 Å². The SMILES string of the molecule is CN(Cc1cc(Cl)cc(Cl)c1)C(=O)CN1CCCNCC1.Cl. The fraction of sp³-hybridized carbons (Fsp3) is 0.533. The van der Waals surface area contributed by atoms with E-state index in [1.54, 1.807) is 11.0 Å². The molecule has 1 saturated heterocycles. The van der Waals surface area contributed by atoms with Crippen molar-refractivity contribution in [3.63, 3.8) is 0 Å². The first-order valence-corrected chi connectivity index (χ1v) is 7.92. The summed E-state index contributed by atoms with van der Waals surface area (Å²) in [6, 6.07) is 5.37. The van der Waals surface area contributed by atoms with Gasteiger partial charge in [0.15, 0.2) is 0 Å². The van der Waals surface area contributed by atoms with Gasteiger partial charge in [-0.1, -0.05) is 23.2 Å². The van der Waals surface area contributed by atoms with Gasteiger partial charge in [0.05, 0.1) is 6.54 Å². The number of hydrogen-bond donors (Lipinski definition) is 1. The van der Waals surface area contributed by atoms with Crippen LogP contribution < -0.4 is 5.32 Å². The van der Waals surface area contributed by atoms with Crippen LogP contribution in [-0.2, 0) is 11.3 Å². The Hall–Kier alpha value is -0.520. The van der Waals surface area contributed by atoms with E-state index >= 15 is 0 Å². The average molecular weight is 367 g/mol. The van der Waals surface area contributed by atoms with E-state index in [9.17, 15) is 4.79 Å². The number of likely N-dealkylation sites (N-methyl/N-ethyl adjacent to an activating group) is 1. The fourth-order valence-electron chi connectivity index (χ4n) is 2.44. The maximum Gasteiger partial charge on any atom is 0.236 e. The lowest BCUT2D eigenvalue weighted by atomic mass is 10.2. The van der Waals surface area contributed by atoms with Crippen molar-refractivity contribution in [2.45, 2.75) is 13.0 Å². The first-order chi connectivity index (χ1) is 10.0. The number of hydrogen-bond acceptors (Lipinski definition) is 3. The third-order valence-corrected chi connectivity index (χ3v) is 4.00. The van der Waals surface area contributed by atoms with Gasteiger partial charge in [0.25, 0.3) is 0 Å². The molecule has 0 unspecified atom stereocenters. The lowest BCUT2D eigenvalue weighted by Crippen LogP contribution is -2.39. The summed E-state index contributed by atoms with van der Waals surface area (Å²) < 4.78 is 0. The highest BCUT2D eigenvalue weighted by Crippen LogP contribution is 2.20. The largest absolute Gasteiger partial charge is 0.340 e. The number of nitrogens with zero attached hydrogens (tertiary/aromatic N) is 2. The van der Waals surface area contributed by atoms with Gasteiger partial charge in [-0.15, -0.1) is 12.4 Å². The molecule has 1 aromatic carbocycles. The van der Waals surface area contributed by atoms with E-state index in [2.05, 4.69) is 10.2 Å². The van der Waals surface area contributed by atoms with E-state index in [1.165, 1.54) is 0 Å². The lowest BCUT2D eigenvalue weighted by Gasteiger charge is -2.23. The minimum absolute atomic E-state index is 0. The Labute approximate surface area is 148 Å². The van der Waals surface area contributed by atoms with E-state index in [0.29, 0.717) is 23.1 Å². The van der Waals surface area contributed by atoms with Crippen molar-refractivity contribution < 1.29 is 4.79 Å². The number of amides is 1. The van der Waals surface area contributed by atoms with Crippen LogP contribution in [0.2, 0.25) is 10.0 Å². The van der Waals surface area contributed by atoms with Crippen LogP contribution in [0, 0.1) is 0 Å². The lowest BCUT2D eigenvalue weighted by molar-refractivity contribution is -0.131. The summed E-state index contributed by atoms with van der Waals surface area (Å²) in [4.78, 5) is 16.2. The van der Waals surface area contributed by atoms with Crippen LogP contribution in [0.25, 0.3) is 0 Å². The standard InChI is InChI=1S/C15H21Cl2N3O.ClH/c1-19(10-12-7-13(16)9-14(17)8-12)15(21)11-20-5-2-3-18-4-6-20;/h7-9,18H,2-6,10-11H2,1H3;1H. The predicted octanol–water partition coefficient (Wildman–Crippen LogP) is 2.67. The third-order valence-electron chi connectivity index (χ3n) is 3.56. The molecular formula is C15H22Cl3N3O. The Kier molecular flexibility index (Phi) is 8.50. The van der Waals surface area contributed by atoms with E-state index in [0.717, 1.165) is 38.2 Å². The van der Waals surface area contributed by atoms with Gasteiger partial charge in [0.1, 0.15) is 0 Å². The number of benzene rings is 1. The molecule has 0 aromatic heterocycles. The molecule has 22 heavy (non-hydrogen) atoms. The number of halogens is 3. The quantitative estimate of drug-likeness (QED) is 0.890. The molecule has 7 heteroatoms. The van der Waals surface area contributed by atoms with Crippen LogP contribution in [-0.4, -0.2) is 55.5 Å². The maximum absolute atomic E-state index is 12.3. The van der Waals surface area contributed by atoms with E-state index in [-0.39, 0.29) is 18.3 Å². The monoisotopic (exact) mass is 365 g/mol. The molecule has 0 aliphatic carbocycles. The van der Waals surface area contributed by atoms with Gasteiger partial charge in [-0.2, -0.15) is 0 Å². The molecule has 0 bridgehead atoms. The smallest absolute Gasteiger partial charge is 0.236 e. The van der Waals surface area contributed by atoms with Gasteiger partial charge in [-0.05, 0) is 43.3 Å². The van der Waals surface area contributed by atoms with Crippen LogP contribution in [0.1, 0.15) is 12.0 Å². The van der Waals surface area contributed by atoms with E-state index in [4.69, 9.17) is 23.2 Å². The summed E-state index contributed by atoms with van der Waals surface area (Å²) in [7, 11) is 1.81. The molecule has 2 rings (SSSR count). The average Bonchev–Trinajstić information content (AvgIpc) is 2.66. The van der Waals surface area contributed by atoms with Gasteiger partial charge in [0.2, 0.25) is 5.91 Å². The maximum atomic E-state index is 12.3. The van der Waals surface area contributed by atoms with E-state index < -0.39 is 0 Å². The molecule has 1 heterocycles. The second-order valence-electron chi connectivity index (χ2n) is 5.41. The van der Waals surface area contributed by atoms with Crippen molar-refractivity contribution >= 4 is 41.5 Å². The van der Waals surface area contributed by atoms with Crippen LogP contribution in [0.3, 0.4) is 0 Å². The molecular weight excluding hydrogens is 345 g/mol. The third kappa shape index (κ3) is 6.31. The molecule has 0 atom stereocenters. The second-order valence-corrected chi connectivity index (χ2v) is 6.28. The molecule has 1 aliphatic rings. The Morgan fingerprint density at radius 1 is 1.23 bits per heavy atom. The number of carbonyl (C=O) groups is 1. The van der Waals surface area contributed by atoms with Gasteiger partial charge in [-0.3, -0.25) is 9.69 Å². The molecule has 1 N–H and O–H groups in total. The molecule has 0 saturated carbocycles. The van der Waals surface area contributed by atoms with Crippen LogP contribution in [0.5, 0.6) is 0 Å². The van der Waals surface area contributed by atoms with Crippen molar-refractivity contribution in [2.75, 3.05) is 39.8 Å². The summed E-state index contributed by atoms with van der Waals surface area (Å²) in [5, 5.41) is 4.52. The number of rotatable bonds is 4. The minimum atomic E-state index is 0. The molecule has 0 radical (unpaired) electrons. The number of carbonyl (C=O) groups excluding carboxylic acids is 1. The van der Waals surface area contributed by atoms with Gasteiger partial charge < -0.3 is 10.2 Å². The Bertz CT molecular complexity index is 471. The van der Waals surface area contributed by atoms with Crippen molar-refractivity contribution in [3.05, 3.63) is 33.8 Å². The summed E-state index contributed by atoms with van der Waals surface area (Å²) in [6.07, 6.45) is 1.08. The molecule has 1 amide bonds. The Morgan fingerprint density at radius 3 is 2.59 bits per heavy atom. The fourth-order valence-corrected chi connectivity index (χ4v) is 3.01. The van der Waals surface area contributed by atoms with Gasteiger partial charge in [-0.25, -0.2) is 0 Å². The zero-order valence-corrected chi connectivity index (χ0v) is 15.0. The van der Waals surface area contributed by atoms with Crippen molar-refractivity contribution in [1.29, 1.82) is 0 Å². The topological polar surface area (TPSA) is 35.6 Å². The Morgan fingerprint density at radius 2 is 1.91 bits per heavy atom. The predicted molar refractivity (Wildman–Crippen MR) is 94.1 cm³/mol. The highest BCUT2D eigenvalue weighted by atomic mass is 35.5. The van der Waals surface area contributed by atoms with Crippen molar-refractivity contribution in [3.8, 4) is 0 Å². The summed E-state index contributed by atoms with van der Waals surface area (Å²) in [6.45, 7) is 4.85. The molecule has 1 aromatic rings. The van der Waals surface area contributed by atoms with E-state index in [1.807, 2.05) is 19.2 Å². The number of nitrogens with one attached hydrogen (secondary N) is 1. The molecule has 1 aliphatic heterocycles.